The zero-order valence-corrected chi connectivity index (χ0v) is 2.91. The van der Waals surface area contributed by atoms with Crippen LogP contribution in [-0.2, 0) is 0 Å². The molecule has 2 N–H and O–H groups in total. The van der Waals surface area contributed by atoms with E-state index in [1.54, 1.807) is 0 Å². The monoisotopic (exact) mass is 70.1 g/mol. The second-order valence-electron chi connectivity index (χ2n) is 1.79. The molecule has 0 aromatic heterocycles. The van der Waals surface area contributed by atoms with Crippen molar-refractivity contribution in [2.45, 2.75) is 5.66 Å². The van der Waals surface area contributed by atoms with Crippen LogP contribution in [0.1, 0.15) is 0 Å². The fourth-order valence-electron chi connectivity index (χ4n) is 0.463. The Hall–Kier alpha value is -0.0800. The molecule has 2 aliphatic heterocycles. The second-order valence-corrected chi connectivity index (χ2v) is 1.79. The van der Waals surface area contributed by atoms with Gasteiger partial charge in [-0.15, -0.1) is 0 Å². The van der Waals surface area contributed by atoms with Gasteiger partial charge >= 0.3 is 0 Å². The maximum absolute atomic E-state index is 3.17. The molecule has 1 spiro atoms. The zero-order chi connectivity index (χ0) is 3.33. The van der Waals surface area contributed by atoms with Crippen LogP contribution in [0.4, 0.5) is 0 Å². The third kappa shape index (κ3) is 0.147. The van der Waals surface area contributed by atoms with Crippen LogP contribution in [0.25, 0.3) is 0 Å². The van der Waals surface area contributed by atoms with Crippen LogP contribution in [0.2, 0.25) is 0 Å². The third-order valence-corrected chi connectivity index (χ3v) is 1.21. The standard InChI is InChI=1S/C3H6N2/c1-3(4-1)2-5-3/h4-5H,1-2H2. The van der Waals surface area contributed by atoms with E-state index in [0.29, 0.717) is 5.66 Å². The highest BCUT2D eigenvalue weighted by atomic mass is 15.5. The SMILES string of the molecule is C1NC12CN2. The van der Waals surface area contributed by atoms with Crippen molar-refractivity contribution in [2.24, 2.45) is 0 Å². The summed E-state index contributed by atoms with van der Waals surface area (Å²) in [6, 6.07) is 0. The summed E-state index contributed by atoms with van der Waals surface area (Å²) < 4.78 is 0. The number of rotatable bonds is 0. The smallest absolute Gasteiger partial charge is 0.0946 e. The van der Waals surface area contributed by atoms with Crippen molar-refractivity contribution in [3.8, 4) is 0 Å². The van der Waals surface area contributed by atoms with Crippen molar-refractivity contribution in [3.05, 3.63) is 0 Å². The molecule has 0 aromatic carbocycles. The summed E-state index contributed by atoms with van der Waals surface area (Å²) in [7, 11) is 0. The predicted octanol–water partition coefficient (Wildman–Crippen LogP) is -1.11. The highest BCUT2D eigenvalue weighted by Crippen LogP contribution is 2.22. The number of hydrogen-bond acceptors (Lipinski definition) is 2. The maximum Gasteiger partial charge on any atom is 0.0946 e. The molecule has 0 radical (unpaired) electrons. The van der Waals surface area contributed by atoms with E-state index in [2.05, 4.69) is 10.6 Å². The van der Waals surface area contributed by atoms with Gasteiger partial charge in [-0.05, 0) is 0 Å². The van der Waals surface area contributed by atoms with Gasteiger partial charge in [-0.2, -0.15) is 0 Å². The van der Waals surface area contributed by atoms with Crippen LogP contribution in [0.5, 0.6) is 0 Å². The molecule has 2 heterocycles. The van der Waals surface area contributed by atoms with Gasteiger partial charge in [-0.25, -0.2) is 0 Å². The first kappa shape index (κ1) is 2.16. The Morgan fingerprint density at radius 2 is 1.60 bits per heavy atom. The zero-order valence-electron chi connectivity index (χ0n) is 2.91. The van der Waals surface area contributed by atoms with Gasteiger partial charge in [0.2, 0.25) is 0 Å². The molecule has 5 heavy (non-hydrogen) atoms. The molecule has 0 saturated carbocycles. The van der Waals surface area contributed by atoms with Crippen LogP contribution >= 0.6 is 0 Å². The van der Waals surface area contributed by atoms with Crippen molar-refractivity contribution in [3.63, 3.8) is 0 Å². The van der Waals surface area contributed by atoms with Crippen molar-refractivity contribution in [1.29, 1.82) is 0 Å². The summed E-state index contributed by atoms with van der Waals surface area (Å²) in [5.41, 5.74) is 0.500. The molecule has 0 amide bonds. The largest absolute Gasteiger partial charge is 0.294 e. The normalized spacial score (nSPS) is 38.4. The first-order valence-corrected chi connectivity index (χ1v) is 1.91. The van der Waals surface area contributed by atoms with Gasteiger partial charge in [-0.1, -0.05) is 0 Å². The topological polar surface area (TPSA) is 43.9 Å². The molecule has 2 rings (SSSR count). The molecular formula is C3H6N2. The van der Waals surface area contributed by atoms with E-state index in [0.717, 1.165) is 0 Å². The quantitative estimate of drug-likeness (QED) is 0.355. The predicted molar refractivity (Wildman–Crippen MR) is 18.7 cm³/mol. The molecule has 0 aliphatic carbocycles. The Balaban J connectivity index is 2.30. The van der Waals surface area contributed by atoms with E-state index < -0.39 is 0 Å². The van der Waals surface area contributed by atoms with E-state index in [9.17, 15) is 0 Å². The van der Waals surface area contributed by atoms with Gasteiger partial charge in [0.05, 0.1) is 5.66 Å². The van der Waals surface area contributed by atoms with Gasteiger partial charge in [0, 0.05) is 13.1 Å². The summed E-state index contributed by atoms with van der Waals surface area (Å²) in [5.74, 6) is 0. The van der Waals surface area contributed by atoms with Crippen molar-refractivity contribution in [1.82, 2.24) is 10.6 Å². The highest BCUT2D eigenvalue weighted by molar-refractivity contribution is 5.14. The first-order valence-electron chi connectivity index (χ1n) is 1.91. The van der Waals surface area contributed by atoms with Gasteiger partial charge in [0.15, 0.2) is 0 Å². The highest BCUT2D eigenvalue weighted by Gasteiger charge is 2.52. The fraction of sp³-hybridized carbons (Fsp3) is 1.00. The molecule has 28 valence electrons. The van der Waals surface area contributed by atoms with Crippen LogP contribution in [-0.4, -0.2) is 18.8 Å². The molecule has 0 unspecified atom stereocenters. The molecule has 2 aliphatic rings. The summed E-state index contributed by atoms with van der Waals surface area (Å²) in [4.78, 5) is 0. The van der Waals surface area contributed by atoms with Gasteiger partial charge < -0.3 is 0 Å². The Labute approximate surface area is 30.6 Å². The van der Waals surface area contributed by atoms with E-state index in [4.69, 9.17) is 0 Å². The van der Waals surface area contributed by atoms with E-state index in [-0.39, 0.29) is 0 Å². The number of hydrogen-bond donors (Lipinski definition) is 2. The summed E-state index contributed by atoms with van der Waals surface area (Å²) in [6.07, 6.45) is 0. The first-order chi connectivity index (χ1) is 2.41. The van der Waals surface area contributed by atoms with Gasteiger partial charge in [-0.3, -0.25) is 10.6 Å². The minimum absolute atomic E-state index is 0.500. The van der Waals surface area contributed by atoms with Gasteiger partial charge in [0.1, 0.15) is 0 Å². The van der Waals surface area contributed by atoms with E-state index in [1.807, 2.05) is 0 Å². The van der Waals surface area contributed by atoms with Crippen LogP contribution in [0, 0.1) is 0 Å². The Morgan fingerprint density at radius 1 is 1.20 bits per heavy atom. The Morgan fingerprint density at radius 3 is 1.60 bits per heavy atom. The van der Waals surface area contributed by atoms with Crippen LogP contribution in [0.3, 0.4) is 0 Å². The molecule has 2 fully saturated rings. The molecule has 0 atom stereocenters. The molecule has 0 bridgehead atoms. The van der Waals surface area contributed by atoms with Gasteiger partial charge in [0.25, 0.3) is 0 Å². The van der Waals surface area contributed by atoms with Crippen LogP contribution in [0.15, 0.2) is 0 Å². The Bertz CT molecular complexity index is 47.8. The minimum atomic E-state index is 0.500. The molecular weight excluding hydrogens is 64.0 g/mol. The molecule has 2 nitrogen and oxygen atoms in total. The molecule has 2 saturated heterocycles. The minimum Gasteiger partial charge on any atom is -0.294 e. The lowest BCUT2D eigenvalue weighted by molar-refractivity contribution is 0.990. The number of nitrogens with one attached hydrogen (secondary N) is 2. The van der Waals surface area contributed by atoms with Crippen molar-refractivity contribution in [2.75, 3.05) is 13.1 Å². The van der Waals surface area contributed by atoms with E-state index >= 15 is 0 Å². The van der Waals surface area contributed by atoms with Crippen molar-refractivity contribution < 1.29 is 0 Å². The average molecular weight is 70.1 g/mol. The lowest BCUT2D eigenvalue weighted by Gasteiger charge is -1.58. The molecule has 2 heteroatoms. The maximum atomic E-state index is 3.17. The average Bonchev–Trinajstić information content (AvgIpc) is 2.17. The van der Waals surface area contributed by atoms with Crippen molar-refractivity contribution >= 4 is 0 Å². The molecule has 0 aromatic rings. The summed E-state index contributed by atoms with van der Waals surface area (Å²) >= 11 is 0. The lowest BCUT2D eigenvalue weighted by Crippen LogP contribution is -1.92. The summed E-state index contributed by atoms with van der Waals surface area (Å²) in [5, 5.41) is 6.35. The summed E-state index contributed by atoms with van der Waals surface area (Å²) in [6.45, 7) is 2.40. The van der Waals surface area contributed by atoms with E-state index in [1.165, 1.54) is 13.1 Å². The Kier molecular flexibility index (Phi) is 0.147. The third-order valence-electron chi connectivity index (χ3n) is 1.21. The van der Waals surface area contributed by atoms with Crippen LogP contribution < -0.4 is 10.6 Å². The fourth-order valence-corrected chi connectivity index (χ4v) is 0.463. The second kappa shape index (κ2) is 0.340. The lowest BCUT2D eigenvalue weighted by atomic mass is 10.6.